The highest BCUT2D eigenvalue weighted by Gasteiger charge is 2.09. The molecule has 0 aromatic carbocycles. The largest absolute Gasteiger partial charge is 0.456 e. The smallest absolute Gasteiger partial charge is 0.287 e. The number of hydrogen-bond acceptors (Lipinski definition) is 3. The molecule has 1 amide bonds. The first-order valence-electron chi connectivity index (χ1n) is 5.97. The van der Waals surface area contributed by atoms with Gasteiger partial charge >= 0.3 is 0 Å². The normalized spacial score (nSPS) is 10.3. The van der Waals surface area contributed by atoms with Crippen LogP contribution in [0.4, 0.5) is 0 Å². The molecule has 4 heteroatoms. The number of aromatic nitrogens is 1. The Morgan fingerprint density at radius 2 is 2.17 bits per heavy atom. The summed E-state index contributed by atoms with van der Waals surface area (Å²) in [6.07, 6.45) is 2.55. The van der Waals surface area contributed by atoms with Crippen molar-refractivity contribution in [1.82, 2.24) is 10.3 Å². The third-order valence-electron chi connectivity index (χ3n) is 2.66. The van der Waals surface area contributed by atoms with E-state index in [2.05, 4.69) is 10.3 Å². The van der Waals surface area contributed by atoms with Crippen LogP contribution in [0.15, 0.2) is 34.9 Å². The van der Waals surface area contributed by atoms with Gasteiger partial charge in [0.05, 0.1) is 0 Å². The summed E-state index contributed by atoms with van der Waals surface area (Å²) in [6.45, 7) is 4.37. The van der Waals surface area contributed by atoms with E-state index in [-0.39, 0.29) is 5.91 Å². The summed E-state index contributed by atoms with van der Waals surface area (Å²) in [7, 11) is 0. The Labute approximate surface area is 106 Å². The molecule has 0 spiro atoms. The first-order chi connectivity index (χ1) is 8.69. The van der Waals surface area contributed by atoms with E-state index >= 15 is 0 Å². The van der Waals surface area contributed by atoms with Crippen LogP contribution in [0.2, 0.25) is 0 Å². The second kappa shape index (κ2) is 5.49. The van der Waals surface area contributed by atoms with Crippen LogP contribution < -0.4 is 5.32 Å². The summed E-state index contributed by atoms with van der Waals surface area (Å²) >= 11 is 0. The number of furan rings is 1. The number of carbonyl (C=O) groups excluding carboxylic acids is 1. The van der Waals surface area contributed by atoms with Gasteiger partial charge in [-0.1, -0.05) is 13.0 Å². The van der Waals surface area contributed by atoms with Gasteiger partial charge in [0.25, 0.3) is 5.91 Å². The number of aryl methyl sites for hydroxylation is 2. The minimum atomic E-state index is -0.199. The molecule has 0 aliphatic carbocycles. The molecular weight excluding hydrogens is 228 g/mol. The van der Waals surface area contributed by atoms with Crippen LogP contribution in [0.1, 0.15) is 34.5 Å². The molecule has 2 heterocycles. The van der Waals surface area contributed by atoms with Crippen molar-refractivity contribution in [3.63, 3.8) is 0 Å². The predicted molar refractivity (Wildman–Crippen MR) is 68.2 cm³/mol. The highest BCUT2D eigenvalue weighted by atomic mass is 16.3. The van der Waals surface area contributed by atoms with E-state index in [1.165, 1.54) is 0 Å². The molecule has 2 aromatic heterocycles. The van der Waals surface area contributed by atoms with E-state index in [0.717, 1.165) is 23.4 Å². The van der Waals surface area contributed by atoms with Crippen molar-refractivity contribution in [3.8, 4) is 0 Å². The van der Waals surface area contributed by atoms with Crippen molar-refractivity contribution >= 4 is 5.91 Å². The summed E-state index contributed by atoms with van der Waals surface area (Å²) in [4.78, 5) is 16.0. The Balaban J connectivity index is 1.93. The molecule has 0 bridgehead atoms. The number of carbonyl (C=O) groups is 1. The first-order valence-corrected chi connectivity index (χ1v) is 5.97. The molecule has 0 aliphatic heterocycles. The minimum absolute atomic E-state index is 0.199. The zero-order valence-electron chi connectivity index (χ0n) is 10.6. The second-order valence-electron chi connectivity index (χ2n) is 4.11. The van der Waals surface area contributed by atoms with E-state index in [0.29, 0.717) is 12.3 Å². The molecule has 0 fully saturated rings. The quantitative estimate of drug-likeness (QED) is 0.898. The van der Waals surface area contributed by atoms with Crippen LogP contribution in [-0.4, -0.2) is 10.9 Å². The fourth-order valence-corrected chi connectivity index (χ4v) is 1.56. The molecule has 0 saturated heterocycles. The summed E-state index contributed by atoms with van der Waals surface area (Å²) in [5.41, 5.74) is 1.93. The Kier molecular flexibility index (Phi) is 3.77. The van der Waals surface area contributed by atoms with Gasteiger partial charge < -0.3 is 9.73 Å². The summed E-state index contributed by atoms with van der Waals surface area (Å²) in [6, 6.07) is 7.38. The molecule has 2 rings (SSSR count). The summed E-state index contributed by atoms with van der Waals surface area (Å²) in [5.74, 6) is 0.972. The Bertz CT molecular complexity index is 529. The highest BCUT2D eigenvalue weighted by Crippen LogP contribution is 2.08. The fraction of sp³-hybridized carbons (Fsp3) is 0.286. The van der Waals surface area contributed by atoms with Crippen LogP contribution in [-0.2, 0) is 13.0 Å². The molecule has 0 unspecified atom stereocenters. The maximum Gasteiger partial charge on any atom is 0.287 e. The molecule has 18 heavy (non-hydrogen) atoms. The van der Waals surface area contributed by atoms with Gasteiger partial charge in [0.1, 0.15) is 5.76 Å². The monoisotopic (exact) mass is 244 g/mol. The summed E-state index contributed by atoms with van der Waals surface area (Å²) in [5, 5.41) is 2.80. The minimum Gasteiger partial charge on any atom is -0.456 e. The van der Waals surface area contributed by atoms with Gasteiger partial charge in [-0.2, -0.15) is 0 Å². The third kappa shape index (κ3) is 2.97. The van der Waals surface area contributed by atoms with E-state index in [1.54, 1.807) is 12.3 Å². The fourth-order valence-electron chi connectivity index (χ4n) is 1.56. The molecule has 1 N–H and O–H groups in total. The van der Waals surface area contributed by atoms with Gasteiger partial charge in [-0.3, -0.25) is 9.78 Å². The maximum atomic E-state index is 11.8. The van der Waals surface area contributed by atoms with E-state index in [9.17, 15) is 4.79 Å². The summed E-state index contributed by atoms with van der Waals surface area (Å²) < 4.78 is 5.37. The molecule has 0 radical (unpaired) electrons. The number of rotatable bonds is 4. The van der Waals surface area contributed by atoms with Crippen LogP contribution in [0.5, 0.6) is 0 Å². The van der Waals surface area contributed by atoms with Crippen LogP contribution in [0.25, 0.3) is 0 Å². The predicted octanol–water partition coefficient (Wildman–Crippen LogP) is 2.48. The number of hydrogen-bond donors (Lipinski definition) is 1. The molecular formula is C14H16N2O2. The van der Waals surface area contributed by atoms with Gasteiger partial charge in [-0.15, -0.1) is 0 Å². The van der Waals surface area contributed by atoms with Crippen molar-refractivity contribution in [3.05, 3.63) is 53.2 Å². The van der Waals surface area contributed by atoms with Crippen LogP contribution in [0, 0.1) is 6.92 Å². The Morgan fingerprint density at radius 1 is 1.33 bits per heavy atom. The van der Waals surface area contributed by atoms with Crippen LogP contribution in [0.3, 0.4) is 0 Å². The molecule has 0 saturated carbocycles. The van der Waals surface area contributed by atoms with Crippen molar-refractivity contribution in [1.29, 1.82) is 0 Å². The second-order valence-corrected chi connectivity index (χ2v) is 4.11. The van der Waals surface area contributed by atoms with Crippen molar-refractivity contribution < 1.29 is 9.21 Å². The highest BCUT2D eigenvalue weighted by molar-refractivity contribution is 5.91. The Hall–Kier alpha value is -2.10. The maximum absolute atomic E-state index is 11.8. The molecule has 0 aliphatic rings. The lowest BCUT2D eigenvalue weighted by molar-refractivity contribution is 0.0921. The Morgan fingerprint density at radius 3 is 2.78 bits per heavy atom. The zero-order chi connectivity index (χ0) is 13.0. The number of amides is 1. The topological polar surface area (TPSA) is 55.1 Å². The van der Waals surface area contributed by atoms with Gasteiger partial charge in [0, 0.05) is 24.9 Å². The molecule has 2 aromatic rings. The third-order valence-corrected chi connectivity index (χ3v) is 2.66. The average molecular weight is 244 g/mol. The van der Waals surface area contributed by atoms with E-state index in [4.69, 9.17) is 4.42 Å². The van der Waals surface area contributed by atoms with Gasteiger partial charge in [-0.05, 0) is 30.7 Å². The molecule has 0 atom stereocenters. The lowest BCUT2D eigenvalue weighted by atomic mass is 10.2. The van der Waals surface area contributed by atoms with Crippen molar-refractivity contribution in [2.24, 2.45) is 0 Å². The van der Waals surface area contributed by atoms with Crippen molar-refractivity contribution in [2.75, 3.05) is 0 Å². The number of nitrogens with zero attached hydrogens (tertiary/aromatic N) is 1. The lowest BCUT2D eigenvalue weighted by Crippen LogP contribution is -2.22. The van der Waals surface area contributed by atoms with Crippen molar-refractivity contribution in [2.45, 2.75) is 26.8 Å². The van der Waals surface area contributed by atoms with E-state index < -0.39 is 0 Å². The SMILES string of the molecule is CCc1ccc(C(=O)NCc2ccc(C)nc2)o1. The zero-order valence-corrected chi connectivity index (χ0v) is 10.6. The average Bonchev–Trinajstić information content (AvgIpc) is 2.86. The van der Waals surface area contributed by atoms with E-state index in [1.807, 2.05) is 32.0 Å². The van der Waals surface area contributed by atoms with Gasteiger partial charge in [0.2, 0.25) is 0 Å². The lowest BCUT2D eigenvalue weighted by Gasteiger charge is -2.03. The first kappa shape index (κ1) is 12.4. The van der Waals surface area contributed by atoms with Gasteiger partial charge in [-0.25, -0.2) is 0 Å². The number of pyridine rings is 1. The van der Waals surface area contributed by atoms with Crippen LogP contribution >= 0.6 is 0 Å². The standard InChI is InChI=1S/C14H16N2O2/c1-3-12-6-7-13(18-12)14(17)16-9-11-5-4-10(2)15-8-11/h4-8H,3,9H2,1-2H3,(H,16,17). The number of nitrogens with one attached hydrogen (secondary N) is 1. The molecule has 94 valence electrons. The molecule has 4 nitrogen and oxygen atoms in total. The van der Waals surface area contributed by atoms with Gasteiger partial charge in [0.15, 0.2) is 5.76 Å².